The molecule has 0 spiro atoms. The molecule has 9 rings (SSSR count). The first-order valence-electron chi connectivity index (χ1n) is 15.6. The standard InChI is InChI=1S/C43H29NS2/c1-28-14-24-38-41(26-28)45-42-27-33(29-8-3-2-4-9-29)21-25-39(42)44(38)34-22-19-31(20-23-34)30-15-17-32(18-16-30)35-11-7-12-37-36-10-5-6-13-40(36)46-43(35)37/h2-27H,1H3. The highest BCUT2D eigenvalue weighted by Crippen LogP contribution is 2.52. The van der Waals surface area contributed by atoms with E-state index < -0.39 is 0 Å². The number of anilines is 3. The molecule has 7 aromatic carbocycles. The van der Waals surface area contributed by atoms with Crippen molar-refractivity contribution in [2.24, 2.45) is 0 Å². The van der Waals surface area contributed by atoms with Gasteiger partial charge in [-0.3, -0.25) is 0 Å². The molecular weight excluding hydrogens is 595 g/mol. The van der Waals surface area contributed by atoms with Gasteiger partial charge in [-0.15, -0.1) is 11.3 Å². The normalized spacial score (nSPS) is 12.3. The van der Waals surface area contributed by atoms with Crippen molar-refractivity contribution in [3.05, 3.63) is 163 Å². The van der Waals surface area contributed by atoms with E-state index in [2.05, 4.69) is 170 Å². The zero-order valence-corrected chi connectivity index (χ0v) is 26.9. The van der Waals surface area contributed by atoms with Gasteiger partial charge in [0.05, 0.1) is 11.4 Å². The van der Waals surface area contributed by atoms with Gasteiger partial charge in [0, 0.05) is 35.7 Å². The molecule has 0 aliphatic carbocycles. The van der Waals surface area contributed by atoms with Crippen LogP contribution in [0.2, 0.25) is 0 Å². The molecule has 8 aromatic rings. The molecule has 0 bridgehead atoms. The lowest BCUT2D eigenvalue weighted by Crippen LogP contribution is -2.15. The molecule has 0 atom stereocenters. The van der Waals surface area contributed by atoms with Crippen molar-refractivity contribution < 1.29 is 0 Å². The van der Waals surface area contributed by atoms with Crippen molar-refractivity contribution in [2.75, 3.05) is 4.90 Å². The third-order valence-corrected chi connectivity index (χ3v) is 11.3. The minimum absolute atomic E-state index is 1.16. The fraction of sp³-hybridized carbons (Fsp3) is 0.0233. The highest BCUT2D eigenvalue weighted by molar-refractivity contribution is 7.99. The Kier molecular flexibility index (Phi) is 6.55. The van der Waals surface area contributed by atoms with Gasteiger partial charge >= 0.3 is 0 Å². The predicted octanol–water partition coefficient (Wildman–Crippen LogP) is 13.3. The van der Waals surface area contributed by atoms with E-state index in [-0.39, 0.29) is 0 Å². The first kappa shape index (κ1) is 27.2. The Hall–Kier alpha value is -5.09. The van der Waals surface area contributed by atoms with Crippen LogP contribution in [-0.2, 0) is 0 Å². The maximum atomic E-state index is 2.41. The molecule has 0 amide bonds. The van der Waals surface area contributed by atoms with Crippen LogP contribution in [0, 0.1) is 6.92 Å². The summed E-state index contributed by atoms with van der Waals surface area (Å²) < 4.78 is 2.69. The molecule has 1 aliphatic rings. The summed E-state index contributed by atoms with van der Waals surface area (Å²) >= 11 is 3.75. The van der Waals surface area contributed by atoms with Crippen LogP contribution < -0.4 is 4.90 Å². The minimum atomic E-state index is 1.16. The number of rotatable bonds is 4. The van der Waals surface area contributed by atoms with E-state index in [0.29, 0.717) is 0 Å². The third-order valence-electron chi connectivity index (χ3n) is 8.94. The van der Waals surface area contributed by atoms with E-state index in [1.807, 2.05) is 23.1 Å². The zero-order chi connectivity index (χ0) is 30.6. The molecule has 0 saturated carbocycles. The molecular formula is C43H29NS2. The molecule has 218 valence electrons. The average Bonchev–Trinajstić information content (AvgIpc) is 3.50. The van der Waals surface area contributed by atoms with Crippen LogP contribution in [0.4, 0.5) is 17.1 Å². The summed E-state index contributed by atoms with van der Waals surface area (Å²) in [6.07, 6.45) is 0. The lowest BCUT2D eigenvalue weighted by molar-refractivity contribution is 1.16. The number of hydrogen-bond donors (Lipinski definition) is 0. The van der Waals surface area contributed by atoms with Gasteiger partial charge in [-0.1, -0.05) is 127 Å². The van der Waals surface area contributed by atoms with Crippen molar-refractivity contribution in [1.29, 1.82) is 0 Å². The fourth-order valence-corrected chi connectivity index (χ4v) is 9.06. The molecule has 0 fully saturated rings. The smallest absolute Gasteiger partial charge is 0.0602 e. The second-order valence-electron chi connectivity index (χ2n) is 11.9. The largest absolute Gasteiger partial charge is 0.308 e. The van der Waals surface area contributed by atoms with Crippen molar-refractivity contribution in [3.63, 3.8) is 0 Å². The van der Waals surface area contributed by atoms with Crippen LogP contribution in [0.3, 0.4) is 0 Å². The fourth-order valence-electron chi connectivity index (χ4n) is 6.62. The lowest BCUT2D eigenvalue weighted by atomic mass is 9.98. The van der Waals surface area contributed by atoms with Crippen LogP contribution >= 0.6 is 23.1 Å². The summed E-state index contributed by atoms with van der Waals surface area (Å²) in [5.74, 6) is 0. The van der Waals surface area contributed by atoms with E-state index >= 15 is 0 Å². The number of fused-ring (bicyclic) bond motifs is 5. The van der Waals surface area contributed by atoms with Gasteiger partial charge in [-0.2, -0.15) is 0 Å². The molecule has 3 heteroatoms. The Morgan fingerprint density at radius 3 is 1.87 bits per heavy atom. The van der Waals surface area contributed by atoms with Crippen molar-refractivity contribution in [1.82, 2.24) is 0 Å². The maximum absolute atomic E-state index is 2.41. The Labute approximate surface area is 277 Å². The van der Waals surface area contributed by atoms with Gasteiger partial charge in [0.2, 0.25) is 0 Å². The molecule has 2 heterocycles. The summed E-state index contributed by atoms with van der Waals surface area (Å²) in [7, 11) is 0. The molecule has 0 radical (unpaired) electrons. The molecule has 1 aromatic heterocycles. The van der Waals surface area contributed by atoms with Gasteiger partial charge < -0.3 is 4.90 Å². The maximum Gasteiger partial charge on any atom is 0.0602 e. The summed E-state index contributed by atoms with van der Waals surface area (Å²) in [5, 5.41) is 2.67. The van der Waals surface area contributed by atoms with Crippen molar-refractivity contribution >= 4 is 60.3 Å². The number of hydrogen-bond acceptors (Lipinski definition) is 3. The Bertz CT molecular complexity index is 2390. The summed E-state index contributed by atoms with van der Waals surface area (Å²) in [4.78, 5) is 4.97. The zero-order valence-electron chi connectivity index (χ0n) is 25.3. The number of benzene rings is 7. The number of aryl methyl sites for hydroxylation is 1. The van der Waals surface area contributed by atoms with Crippen LogP contribution in [0.1, 0.15) is 5.56 Å². The van der Waals surface area contributed by atoms with Crippen molar-refractivity contribution in [3.8, 4) is 33.4 Å². The number of thiophene rings is 1. The Morgan fingerprint density at radius 1 is 0.457 bits per heavy atom. The first-order chi connectivity index (χ1) is 22.7. The van der Waals surface area contributed by atoms with E-state index in [9.17, 15) is 0 Å². The number of nitrogens with zero attached hydrogens (tertiary/aromatic N) is 1. The van der Waals surface area contributed by atoms with Gasteiger partial charge in [0.25, 0.3) is 0 Å². The van der Waals surface area contributed by atoms with Crippen LogP contribution in [0.15, 0.2) is 168 Å². The molecule has 0 N–H and O–H groups in total. The van der Waals surface area contributed by atoms with Gasteiger partial charge in [-0.25, -0.2) is 0 Å². The molecule has 1 nitrogen and oxygen atoms in total. The average molecular weight is 624 g/mol. The second-order valence-corrected chi connectivity index (χ2v) is 14.0. The monoisotopic (exact) mass is 623 g/mol. The van der Waals surface area contributed by atoms with E-state index in [1.165, 1.54) is 80.3 Å². The van der Waals surface area contributed by atoms with E-state index in [1.54, 1.807) is 0 Å². The highest BCUT2D eigenvalue weighted by Gasteiger charge is 2.25. The summed E-state index contributed by atoms with van der Waals surface area (Å²) in [5.41, 5.74) is 12.3. The SMILES string of the molecule is Cc1ccc2c(c1)Sc1cc(-c3ccccc3)ccc1N2c1ccc(-c2ccc(-c3cccc4c3sc3ccccc34)cc2)cc1. The van der Waals surface area contributed by atoms with Gasteiger partial charge in [-0.05, 0) is 88.3 Å². The highest BCUT2D eigenvalue weighted by atomic mass is 32.2. The Balaban J connectivity index is 1.06. The van der Waals surface area contributed by atoms with Gasteiger partial charge in [0.1, 0.15) is 0 Å². The Morgan fingerprint density at radius 2 is 1.07 bits per heavy atom. The molecule has 0 saturated heterocycles. The second kappa shape index (κ2) is 11.1. The van der Waals surface area contributed by atoms with Crippen LogP contribution in [0.5, 0.6) is 0 Å². The summed E-state index contributed by atoms with van der Waals surface area (Å²) in [6, 6.07) is 57.7. The topological polar surface area (TPSA) is 3.24 Å². The van der Waals surface area contributed by atoms with Gasteiger partial charge in [0.15, 0.2) is 0 Å². The first-order valence-corrected chi connectivity index (χ1v) is 17.2. The van der Waals surface area contributed by atoms with E-state index in [0.717, 1.165) is 5.69 Å². The van der Waals surface area contributed by atoms with Crippen LogP contribution in [-0.4, -0.2) is 0 Å². The molecule has 1 aliphatic heterocycles. The summed E-state index contributed by atoms with van der Waals surface area (Å²) in [6.45, 7) is 2.17. The van der Waals surface area contributed by atoms with Crippen LogP contribution in [0.25, 0.3) is 53.6 Å². The quantitative estimate of drug-likeness (QED) is 0.192. The van der Waals surface area contributed by atoms with E-state index in [4.69, 9.17) is 0 Å². The third kappa shape index (κ3) is 4.63. The lowest BCUT2D eigenvalue weighted by Gasteiger charge is -2.33. The molecule has 46 heavy (non-hydrogen) atoms. The minimum Gasteiger partial charge on any atom is -0.308 e. The molecule has 0 unspecified atom stereocenters. The van der Waals surface area contributed by atoms with Crippen molar-refractivity contribution in [2.45, 2.75) is 16.7 Å². The predicted molar refractivity (Wildman–Crippen MR) is 199 cm³/mol.